The highest BCUT2D eigenvalue weighted by atomic mass is 15.1. The molecule has 4 unspecified atom stereocenters. The zero-order valence-electron chi connectivity index (χ0n) is 38.0. The van der Waals surface area contributed by atoms with E-state index in [-0.39, 0.29) is 0 Å². The molecule has 5 saturated heterocycles. The van der Waals surface area contributed by atoms with E-state index >= 15 is 0 Å². The van der Waals surface area contributed by atoms with Gasteiger partial charge in [-0.25, -0.2) is 0 Å². The first-order valence-corrected chi connectivity index (χ1v) is 22.3. The number of nitrogens with one attached hydrogen (secondary N) is 5. The molecule has 0 saturated carbocycles. The van der Waals surface area contributed by atoms with Crippen molar-refractivity contribution < 1.29 is 24.5 Å². The molecule has 0 radical (unpaired) electrons. The van der Waals surface area contributed by atoms with Crippen LogP contribution in [0.15, 0.2) is 0 Å². The number of likely N-dealkylation sites (tertiary alicyclic amines) is 5. The van der Waals surface area contributed by atoms with E-state index in [1.807, 2.05) is 69.2 Å². The first-order valence-electron chi connectivity index (χ1n) is 22.3. The van der Waals surface area contributed by atoms with Gasteiger partial charge < -0.3 is 24.5 Å². The quantitative estimate of drug-likeness (QED) is 0.194. The molecule has 0 aromatic heterocycles. The molecule has 0 amide bonds. The van der Waals surface area contributed by atoms with Gasteiger partial charge in [0.15, 0.2) is 0 Å². The molecule has 310 valence electrons. The molecule has 0 bridgehead atoms. The minimum atomic E-state index is 0.598. The molecule has 5 aliphatic rings. The van der Waals surface area contributed by atoms with Crippen molar-refractivity contribution in [2.24, 2.45) is 17.3 Å². The summed E-state index contributed by atoms with van der Waals surface area (Å²) < 4.78 is 0. The van der Waals surface area contributed by atoms with Crippen molar-refractivity contribution in [3.05, 3.63) is 35.2 Å². The lowest BCUT2D eigenvalue weighted by Crippen LogP contribution is -3.08. The molecule has 0 aromatic carbocycles. The number of hydrogen-bond acceptors (Lipinski definition) is 0. The molecule has 0 spiro atoms. The highest BCUT2D eigenvalue weighted by molar-refractivity contribution is 4.70. The first kappa shape index (κ1) is 59.1. The third kappa shape index (κ3) is 44.0. The van der Waals surface area contributed by atoms with Crippen molar-refractivity contribution in [2.45, 2.75) is 180 Å². The van der Waals surface area contributed by atoms with Crippen LogP contribution in [0.4, 0.5) is 0 Å². The molecule has 5 nitrogen and oxygen atoms in total. The molecule has 5 heteroatoms. The standard InChI is InChI=1S/2C8H17N.C7H15N.2C6H13N.5C2H6/c1-8(2)4-6-9(3)7-5-8;1-8-4-3-6-9(2)7-5-8;1-8-6-4-2-3-5-7-8;1-6-3-4-7(2)5-6;1-7-5-3-2-4-6-7;5*1-2/h9H,3-7H2,1-2H3;8-9H,2-7H2,1H3;8H,1-7H2;6-7H,2-5H2,1H3;7H,1-6H2;5*1-2H3. The minimum absolute atomic E-state index is 0.598. The van der Waals surface area contributed by atoms with Gasteiger partial charge >= 0.3 is 0 Å². The summed E-state index contributed by atoms with van der Waals surface area (Å²) in [4.78, 5) is 7.31. The molecule has 4 atom stereocenters. The van der Waals surface area contributed by atoms with Crippen LogP contribution in [0.5, 0.6) is 0 Å². The van der Waals surface area contributed by atoms with E-state index in [9.17, 15) is 0 Å². The predicted molar refractivity (Wildman–Crippen MR) is 229 cm³/mol. The Morgan fingerprint density at radius 1 is 0.360 bits per heavy atom. The van der Waals surface area contributed by atoms with Gasteiger partial charge in [-0.1, -0.05) is 96.9 Å². The highest BCUT2D eigenvalue weighted by Crippen LogP contribution is 2.24. The SMILES string of the molecule is CC.CC.CC.CC.CC.[CH2-][NH+]1CCC(C)(C)CC1.[CH2-][NH+]1CCC(C)C1.[CH2-][NH+]1CCCC(C)CC1.[CH2-][NH+]1CCCCC1.[CH2-][NH+]1CCCCCC1. The van der Waals surface area contributed by atoms with Crippen molar-refractivity contribution in [2.75, 3.05) is 65.4 Å². The van der Waals surface area contributed by atoms with E-state index in [1.165, 1.54) is 173 Å². The van der Waals surface area contributed by atoms with Crippen LogP contribution in [-0.4, -0.2) is 65.4 Å². The van der Waals surface area contributed by atoms with Crippen LogP contribution in [0, 0.1) is 52.5 Å². The van der Waals surface area contributed by atoms with Crippen molar-refractivity contribution >= 4 is 0 Å². The Morgan fingerprint density at radius 2 is 0.660 bits per heavy atom. The summed E-state index contributed by atoms with van der Waals surface area (Å²) in [6.45, 7) is 42.1. The molecule has 0 aromatic rings. The van der Waals surface area contributed by atoms with Crippen LogP contribution < -0.4 is 24.5 Å². The minimum Gasteiger partial charge on any atom is -0.468 e. The lowest BCUT2D eigenvalue weighted by molar-refractivity contribution is -0.861. The maximum atomic E-state index is 4.01. The van der Waals surface area contributed by atoms with Gasteiger partial charge in [0, 0.05) is 12.3 Å². The van der Waals surface area contributed by atoms with E-state index < -0.39 is 0 Å². The summed E-state index contributed by atoms with van der Waals surface area (Å²) >= 11 is 0. The van der Waals surface area contributed by atoms with Gasteiger partial charge in [0.1, 0.15) is 0 Å². The van der Waals surface area contributed by atoms with Crippen molar-refractivity contribution in [1.29, 1.82) is 0 Å². The maximum absolute atomic E-state index is 4.01. The van der Waals surface area contributed by atoms with Gasteiger partial charge in [-0.2, -0.15) is 35.2 Å². The fourth-order valence-electron chi connectivity index (χ4n) is 6.13. The van der Waals surface area contributed by atoms with Crippen LogP contribution in [-0.2, 0) is 0 Å². The topological polar surface area (TPSA) is 22.2 Å². The summed E-state index contributed by atoms with van der Waals surface area (Å²) in [6, 6.07) is 0. The Labute approximate surface area is 322 Å². The average Bonchev–Trinajstić information content (AvgIpc) is 3.27. The molecule has 5 aliphatic heterocycles. The normalized spacial score (nSPS) is 26.0. The third-order valence-electron chi connectivity index (χ3n) is 9.53. The first-order chi connectivity index (χ1) is 24.0. The Balaban J connectivity index is -0.000000159. The molecule has 0 aliphatic carbocycles. The second-order valence-electron chi connectivity index (χ2n) is 14.8. The van der Waals surface area contributed by atoms with E-state index in [2.05, 4.69) is 62.9 Å². The Morgan fingerprint density at radius 3 is 0.980 bits per heavy atom. The molecule has 5 heterocycles. The number of hydrogen-bond donors (Lipinski definition) is 5. The summed E-state index contributed by atoms with van der Waals surface area (Å²) in [5.41, 5.74) is 0.598. The smallest absolute Gasteiger partial charge is 0.0558 e. The maximum Gasteiger partial charge on any atom is 0.0558 e. The summed E-state index contributed by atoms with van der Waals surface area (Å²) in [5.74, 6) is 1.87. The van der Waals surface area contributed by atoms with Gasteiger partial charge in [-0.05, 0) is 88.4 Å². The van der Waals surface area contributed by atoms with Crippen LogP contribution in [0.25, 0.3) is 0 Å². The Hall–Kier alpha value is -0.200. The Kier molecular flexibility index (Phi) is 53.1. The van der Waals surface area contributed by atoms with E-state index in [4.69, 9.17) is 0 Å². The third-order valence-corrected chi connectivity index (χ3v) is 9.53. The van der Waals surface area contributed by atoms with Crippen molar-refractivity contribution in [3.63, 3.8) is 0 Å². The molecule has 5 rings (SSSR count). The highest BCUT2D eigenvalue weighted by Gasteiger charge is 2.23. The molecule has 50 heavy (non-hydrogen) atoms. The van der Waals surface area contributed by atoms with Gasteiger partial charge in [0.25, 0.3) is 0 Å². The van der Waals surface area contributed by atoms with Gasteiger partial charge in [-0.3, -0.25) is 0 Å². The molecule has 5 N–H and O–H groups in total. The van der Waals surface area contributed by atoms with Crippen LogP contribution in [0.2, 0.25) is 0 Å². The second-order valence-corrected chi connectivity index (χ2v) is 14.8. The summed E-state index contributed by atoms with van der Waals surface area (Å²) in [6.07, 6.45) is 18.1. The lowest BCUT2D eigenvalue weighted by Gasteiger charge is -2.35. The Bertz CT molecular complexity index is 538. The lowest BCUT2D eigenvalue weighted by atomic mass is 9.83. The zero-order chi connectivity index (χ0) is 39.8. The van der Waals surface area contributed by atoms with Crippen molar-refractivity contribution in [3.8, 4) is 0 Å². The average molecular weight is 716 g/mol. The number of rotatable bonds is 0. The van der Waals surface area contributed by atoms with Crippen LogP contribution in [0.1, 0.15) is 180 Å². The summed E-state index contributed by atoms with van der Waals surface area (Å²) in [5, 5.41) is 0. The molecule has 5 fully saturated rings. The number of piperidine rings is 2. The van der Waals surface area contributed by atoms with Crippen LogP contribution >= 0.6 is 0 Å². The van der Waals surface area contributed by atoms with Gasteiger partial charge in [0.2, 0.25) is 0 Å². The van der Waals surface area contributed by atoms with Gasteiger partial charge in [-0.15, -0.1) is 0 Å². The summed E-state index contributed by atoms with van der Waals surface area (Å²) in [7, 11) is 19.8. The molecular weight excluding hydrogens is 611 g/mol. The molecular formula is C45H105N5. The van der Waals surface area contributed by atoms with Crippen LogP contribution in [0.3, 0.4) is 0 Å². The fourth-order valence-corrected chi connectivity index (χ4v) is 6.13. The predicted octanol–water partition coefficient (Wildman–Crippen LogP) is 5.88. The fraction of sp³-hybridized carbons (Fsp3) is 0.889. The van der Waals surface area contributed by atoms with E-state index in [1.54, 1.807) is 0 Å². The van der Waals surface area contributed by atoms with E-state index in [0.717, 1.165) is 11.8 Å². The largest absolute Gasteiger partial charge is 0.468 e. The second kappa shape index (κ2) is 45.0. The van der Waals surface area contributed by atoms with E-state index in [0.29, 0.717) is 5.41 Å². The zero-order valence-corrected chi connectivity index (χ0v) is 38.0. The van der Waals surface area contributed by atoms with Crippen molar-refractivity contribution in [1.82, 2.24) is 0 Å². The monoisotopic (exact) mass is 716 g/mol. The number of quaternary nitrogens is 5. The van der Waals surface area contributed by atoms with Gasteiger partial charge in [0.05, 0.1) is 65.4 Å².